The number of thioether (sulfide) groups is 1. The van der Waals surface area contributed by atoms with Crippen LogP contribution in [-0.4, -0.2) is 13.3 Å². The zero-order chi connectivity index (χ0) is 14.5. The summed E-state index contributed by atoms with van der Waals surface area (Å²) in [5.74, 6) is 0. The van der Waals surface area contributed by atoms with Crippen LogP contribution in [0, 0.1) is 0 Å². The van der Waals surface area contributed by atoms with Crippen molar-refractivity contribution in [3.05, 3.63) is 77.9 Å². The lowest BCUT2D eigenvalue weighted by atomic mass is 10.3. The molecule has 2 aromatic carbocycles. The first-order valence-electron chi connectivity index (χ1n) is 6.81. The molecule has 0 bridgehead atoms. The van der Waals surface area contributed by atoms with Gasteiger partial charge in [-0.2, -0.15) is 0 Å². The van der Waals surface area contributed by atoms with Crippen molar-refractivity contribution >= 4 is 29.4 Å². The van der Waals surface area contributed by atoms with Gasteiger partial charge in [0.15, 0.2) is 0 Å². The zero-order valence-electron chi connectivity index (χ0n) is 11.8. The summed E-state index contributed by atoms with van der Waals surface area (Å²) >= 11 is 1.79. The Balaban J connectivity index is 1.65. The number of hydrogen-bond donors (Lipinski definition) is 0. The average Bonchev–Trinajstić information content (AvgIpc) is 2.85. The van der Waals surface area contributed by atoms with Gasteiger partial charge in [0.05, 0.1) is 16.4 Å². The highest BCUT2D eigenvalue weighted by Crippen LogP contribution is 2.44. The van der Waals surface area contributed by atoms with E-state index in [4.69, 9.17) is 0 Å². The number of aliphatic imine (C=N–C) groups is 1. The number of anilines is 1. The van der Waals surface area contributed by atoms with Crippen LogP contribution < -0.4 is 4.90 Å². The van der Waals surface area contributed by atoms with Crippen LogP contribution in [0.4, 0.5) is 11.4 Å². The predicted molar refractivity (Wildman–Crippen MR) is 92.5 cm³/mol. The normalized spacial score (nSPS) is 16.2. The largest absolute Gasteiger partial charge is 0.338 e. The maximum Gasteiger partial charge on any atom is 0.0798 e. The van der Waals surface area contributed by atoms with Crippen molar-refractivity contribution in [1.82, 2.24) is 0 Å². The summed E-state index contributed by atoms with van der Waals surface area (Å²) in [4.78, 5) is 7.88. The summed E-state index contributed by atoms with van der Waals surface area (Å²) < 4.78 is 0. The third-order valence-corrected chi connectivity index (χ3v) is 4.37. The van der Waals surface area contributed by atoms with Crippen LogP contribution >= 0.6 is 11.8 Å². The summed E-state index contributed by atoms with van der Waals surface area (Å²) in [7, 11) is 2.09. The monoisotopic (exact) mass is 292 g/mol. The highest BCUT2D eigenvalue weighted by Gasteiger charge is 2.20. The second-order valence-electron chi connectivity index (χ2n) is 4.63. The van der Waals surface area contributed by atoms with Gasteiger partial charge < -0.3 is 4.90 Å². The molecule has 104 valence electrons. The molecule has 3 rings (SSSR count). The number of fused-ring (bicyclic) bond motifs is 1. The van der Waals surface area contributed by atoms with E-state index in [1.807, 2.05) is 48.7 Å². The number of hydrogen-bond acceptors (Lipinski definition) is 3. The Morgan fingerprint density at radius 2 is 1.71 bits per heavy atom. The van der Waals surface area contributed by atoms with Gasteiger partial charge in [-0.05, 0) is 36.4 Å². The molecule has 1 heterocycles. The van der Waals surface area contributed by atoms with Crippen LogP contribution in [0.2, 0.25) is 0 Å². The van der Waals surface area contributed by atoms with Crippen molar-refractivity contribution in [3.63, 3.8) is 0 Å². The summed E-state index contributed by atoms with van der Waals surface area (Å²) in [6, 6.07) is 18.4. The lowest BCUT2D eigenvalue weighted by Gasteiger charge is -2.12. The quantitative estimate of drug-likeness (QED) is 0.737. The number of benzene rings is 2. The summed E-state index contributed by atoms with van der Waals surface area (Å²) in [6.45, 7) is 0. The summed E-state index contributed by atoms with van der Waals surface area (Å²) in [6.07, 6.45) is 7.91. The van der Waals surface area contributed by atoms with E-state index in [0.717, 1.165) is 5.69 Å². The lowest BCUT2D eigenvalue weighted by Crippen LogP contribution is -2.08. The first kappa shape index (κ1) is 13.7. The molecule has 0 N–H and O–H groups in total. The smallest absolute Gasteiger partial charge is 0.0798 e. The van der Waals surface area contributed by atoms with Gasteiger partial charge in [0.2, 0.25) is 0 Å². The fourth-order valence-corrected chi connectivity index (χ4v) is 3.16. The Morgan fingerprint density at radius 1 is 0.952 bits per heavy atom. The van der Waals surface area contributed by atoms with Crippen LogP contribution in [0.3, 0.4) is 0 Å². The second-order valence-corrected chi connectivity index (χ2v) is 5.69. The van der Waals surface area contributed by atoms with Crippen LogP contribution in [0.15, 0.2) is 87.7 Å². The molecule has 0 fully saturated rings. The van der Waals surface area contributed by atoms with Gasteiger partial charge in [-0.1, -0.05) is 48.2 Å². The molecule has 1 aliphatic rings. The summed E-state index contributed by atoms with van der Waals surface area (Å²) in [5, 5.41) is 1.22. The van der Waals surface area contributed by atoms with E-state index in [0.29, 0.717) is 0 Å². The molecule has 3 heteroatoms. The van der Waals surface area contributed by atoms with E-state index in [2.05, 4.69) is 47.3 Å². The third-order valence-electron chi connectivity index (χ3n) is 3.19. The standard InChI is InChI=1S/C18H16N2S/c1-20-16-11-5-6-12-17(16)21-18(20)13-7-8-14-19-15-9-3-2-4-10-15/h2-14H,1H3. The average molecular weight is 292 g/mol. The van der Waals surface area contributed by atoms with Crippen LogP contribution in [0.1, 0.15) is 0 Å². The molecule has 21 heavy (non-hydrogen) atoms. The Labute approximate surface area is 129 Å². The van der Waals surface area contributed by atoms with Crippen LogP contribution in [-0.2, 0) is 0 Å². The Hall–Kier alpha value is -2.26. The second kappa shape index (κ2) is 6.46. The van der Waals surface area contributed by atoms with Crippen molar-refractivity contribution in [1.29, 1.82) is 0 Å². The highest BCUT2D eigenvalue weighted by molar-refractivity contribution is 8.03. The van der Waals surface area contributed by atoms with Gasteiger partial charge in [-0.25, -0.2) is 0 Å². The Morgan fingerprint density at radius 3 is 2.52 bits per heavy atom. The molecule has 0 saturated heterocycles. The van der Waals surface area contributed by atoms with Crippen molar-refractivity contribution in [2.45, 2.75) is 4.90 Å². The predicted octanol–water partition coefficient (Wildman–Crippen LogP) is 5.03. The van der Waals surface area contributed by atoms with E-state index in [1.165, 1.54) is 15.6 Å². The van der Waals surface area contributed by atoms with Gasteiger partial charge in [0.1, 0.15) is 0 Å². The van der Waals surface area contributed by atoms with Gasteiger partial charge in [0, 0.05) is 18.2 Å². The lowest BCUT2D eigenvalue weighted by molar-refractivity contribution is 1.17. The number of allylic oxidation sites excluding steroid dienone is 3. The molecule has 0 aromatic heterocycles. The highest BCUT2D eigenvalue weighted by atomic mass is 32.2. The first-order valence-corrected chi connectivity index (χ1v) is 7.63. The van der Waals surface area contributed by atoms with Crippen LogP contribution in [0.25, 0.3) is 0 Å². The van der Waals surface area contributed by atoms with E-state index in [9.17, 15) is 0 Å². The maximum absolute atomic E-state index is 4.37. The number of para-hydroxylation sites is 2. The van der Waals surface area contributed by atoms with E-state index < -0.39 is 0 Å². The van der Waals surface area contributed by atoms with Gasteiger partial charge in [-0.3, -0.25) is 4.99 Å². The topological polar surface area (TPSA) is 15.6 Å². The number of nitrogens with zero attached hydrogens (tertiary/aromatic N) is 2. The SMILES string of the molecule is CN1C(=CC=CC=Nc2ccccc2)Sc2ccccc21. The van der Waals surface area contributed by atoms with Crippen molar-refractivity contribution in [2.75, 3.05) is 11.9 Å². The van der Waals surface area contributed by atoms with E-state index in [-0.39, 0.29) is 0 Å². The molecule has 0 amide bonds. The van der Waals surface area contributed by atoms with E-state index >= 15 is 0 Å². The maximum atomic E-state index is 4.37. The summed E-state index contributed by atoms with van der Waals surface area (Å²) in [5.41, 5.74) is 2.23. The van der Waals surface area contributed by atoms with Gasteiger partial charge >= 0.3 is 0 Å². The number of rotatable bonds is 3. The fraction of sp³-hybridized carbons (Fsp3) is 0.0556. The zero-order valence-corrected chi connectivity index (χ0v) is 12.6. The molecular weight excluding hydrogens is 276 g/mol. The molecule has 0 saturated carbocycles. The fourth-order valence-electron chi connectivity index (χ4n) is 2.10. The van der Waals surface area contributed by atoms with Crippen LogP contribution in [0.5, 0.6) is 0 Å². The minimum absolute atomic E-state index is 0.967. The minimum atomic E-state index is 0.967. The molecule has 1 aliphatic heterocycles. The third kappa shape index (κ3) is 3.26. The molecule has 0 radical (unpaired) electrons. The molecule has 0 atom stereocenters. The minimum Gasteiger partial charge on any atom is -0.338 e. The Kier molecular flexibility index (Phi) is 4.22. The molecular formula is C18H16N2S. The molecule has 0 spiro atoms. The first-order chi connectivity index (χ1) is 10.3. The van der Waals surface area contributed by atoms with Crippen molar-refractivity contribution in [3.8, 4) is 0 Å². The Bertz CT molecular complexity index is 702. The molecule has 0 unspecified atom stereocenters. The molecule has 2 aromatic rings. The molecule has 0 aliphatic carbocycles. The van der Waals surface area contributed by atoms with Gasteiger partial charge in [0.25, 0.3) is 0 Å². The van der Waals surface area contributed by atoms with E-state index in [1.54, 1.807) is 11.8 Å². The van der Waals surface area contributed by atoms with Gasteiger partial charge in [-0.15, -0.1) is 0 Å². The molecule has 2 nitrogen and oxygen atoms in total. The van der Waals surface area contributed by atoms with Crippen molar-refractivity contribution in [2.24, 2.45) is 4.99 Å². The van der Waals surface area contributed by atoms with Crippen molar-refractivity contribution < 1.29 is 0 Å².